The molecule has 0 unspecified atom stereocenters. The average molecular weight is 431 g/mol. The molecule has 0 saturated carbocycles. The second-order valence-electron chi connectivity index (χ2n) is 6.28. The van der Waals surface area contributed by atoms with Gasteiger partial charge in [-0.1, -0.05) is 0 Å². The normalized spacial score (nSPS) is 15.8. The maximum atomic E-state index is 12.0. The molecule has 2 heterocycles. The van der Waals surface area contributed by atoms with Gasteiger partial charge in [0, 0.05) is 25.3 Å². The van der Waals surface area contributed by atoms with Crippen molar-refractivity contribution in [2.75, 3.05) is 39.5 Å². The van der Waals surface area contributed by atoms with Gasteiger partial charge in [0.25, 0.3) is 10.0 Å². The van der Waals surface area contributed by atoms with Crippen LogP contribution in [0.4, 0.5) is 0 Å². The van der Waals surface area contributed by atoms with Crippen LogP contribution in [0, 0.1) is 0 Å². The van der Waals surface area contributed by atoms with Crippen LogP contribution in [0.5, 0.6) is 0 Å². The molecule has 0 amide bonds. The summed E-state index contributed by atoms with van der Waals surface area (Å²) in [6, 6.07) is 3.94. The Morgan fingerprint density at radius 3 is 2.75 bits per heavy atom. The van der Waals surface area contributed by atoms with Crippen molar-refractivity contribution in [2.24, 2.45) is 10.1 Å². The van der Waals surface area contributed by atoms with Gasteiger partial charge in [-0.3, -0.25) is 0 Å². The number of hydrogen-bond donors (Lipinski definition) is 2. The fourth-order valence-electron chi connectivity index (χ4n) is 2.43. The summed E-state index contributed by atoms with van der Waals surface area (Å²) in [5.74, 6) is 1.99. The summed E-state index contributed by atoms with van der Waals surface area (Å²) in [6.45, 7) is 2.98. The quantitative estimate of drug-likeness (QED) is 0.385. The SMILES string of the molecule is CCOC(=O)C1=C(NCCSCc2ccc(CCN(C)C)o2)C(N)=NS1(=O)=O. The van der Waals surface area contributed by atoms with Crippen molar-refractivity contribution in [1.29, 1.82) is 0 Å². The highest BCUT2D eigenvalue weighted by Gasteiger charge is 2.37. The number of esters is 1. The molecule has 156 valence electrons. The molecular formula is C17H26N4O5S2. The van der Waals surface area contributed by atoms with E-state index >= 15 is 0 Å². The zero-order valence-electron chi connectivity index (χ0n) is 16.2. The Labute approximate surface area is 169 Å². The number of nitrogens with two attached hydrogens (primary N) is 1. The lowest BCUT2D eigenvalue weighted by atomic mass is 10.3. The molecule has 0 radical (unpaired) electrons. The zero-order chi connectivity index (χ0) is 20.7. The lowest BCUT2D eigenvalue weighted by Crippen LogP contribution is -2.29. The summed E-state index contributed by atoms with van der Waals surface area (Å²) >= 11 is 1.61. The first-order valence-electron chi connectivity index (χ1n) is 8.80. The highest BCUT2D eigenvalue weighted by molar-refractivity contribution is 7.98. The summed E-state index contributed by atoms with van der Waals surface area (Å²) in [7, 11) is -0.0884. The number of sulfonamides is 1. The molecule has 0 aliphatic carbocycles. The van der Waals surface area contributed by atoms with E-state index in [0.29, 0.717) is 18.1 Å². The number of thioether (sulfide) groups is 1. The van der Waals surface area contributed by atoms with Crippen LogP contribution >= 0.6 is 11.8 Å². The van der Waals surface area contributed by atoms with Crippen molar-refractivity contribution in [2.45, 2.75) is 19.1 Å². The second-order valence-corrected chi connectivity index (χ2v) is 8.92. The number of carbonyl (C=O) groups is 1. The van der Waals surface area contributed by atoms with Gasteiger partial charge < -0.3 is 25.1 Å². The average Bonchev–Trinajstić information content (AvgIpc) is 3.14. The first kappa shape index (κ1) is 22.3. The monoisotopic (exact) mass is 430 g/mol. The summed E-state index contributed by atoms with van der Waals surface area (Å²) in [4.78, 5) is 13.5. The second kappa shape index (κ2) is 9.99. The van der Waals surface area contributed by atoms with Gasteiger partial charge in [0.05, 0.1) is 12.4 Å². The van der Waals surface area contributed by atoms with Gasteiger partial charge in [0.1, 0.15) is 17.2 Å². The number of rotatable bonds is 11. The fraction of sp³-hybridized carbons (Fsp3) is 0.529. The van der Waals surface area contributed by atoms with Gasteiger partial charge in [-0.05, 0) is 33.2 Å². The van der Waals surface area contributed by atoms with Crippen LogP contribution in [0.3, 0.4) is 0 Å². The van der Waals surface area contributed by atoms with E-state index < -0.39 is 20.9 Å². The maximum absolute atomic E-state index is 12.0. The van der Waals surface area contributed by atoms with Crippen LogP contribution in [0.15, 0.2) is 31.5 Å². The van der Waals surface area contributed by atoms with Crippen molar-refractivity contribution in [3.8, 4) is 0 Å². The van der Waals surface area contributed by atoms with E-state index in [9.17, 15) is 13.2 Å². The Kier molecular flexibility index (Phi) is 7.96. The van der Waals surface area contributed by atoms with E-state index in [1.807, 2.05) is 26.2 Å². The first-order valence-corrected chi connectivity index (χ1v) is 11.4. The molecule has 0 saturated heterocycles. The van der Waals surface area contributed by atoms with Gasteiger partial charge in [0.2, 0.25) is 4.91 Å². The third-order valence-electron chi connectivity index (χ3n) is 3.74. The molecule has 1 aliphatic heterocycles. The lowest BCUT2D eigenvalue weighted by Gasteiger charge is -2.09. The number of carbonyl (C=O) groups excluding carboxylic acids is 1. The highest BCUT2D eigenvalue weighted by Crippen LogP contribution is 2.22. The van der Waals surface area contributed by atoms with Crippen LogP contribution in [0.25, 0.3) is 0 Å². The molecule has 28 heavy (non-hydrogen) atoms. The van der Waals surface area contributed by atoms with Crippen LogP contribution in [0.1, 0.15) is 18.4 Å². The Morgan fingerprint density at radius 2 is 2.07 bits per heavy atom. The number of nitrogens with zero attached hydrogens (tertiary/aromatic N) is 2. The zero-order valence-corrected chi connectivity index (χ0v) is 17.9. The Hall–Kier alpha value is -1.98. The number of furan rings is 1. The minimum atomic E-state index is -4.12. The Balaban J connectivity index is 1.84. The Morgan fingerprint density at radius 1 is 1.36 bits per heavy atom. The molecule has 3 N–H and O–H groups in total. The van der Waals surface area contributed by atoms with Gasteiger partial charge >= 0.3 is 5.97 Å². The van der Waals surface area contributed by atoms with Gasteiger partial charge in [0.15, 0.2) is 5.84 Å². The summed E-state index contributed by atoms with van der Waals surface area (Å²) in [6.07, 6.45) is 0.858. The van der Waals surface area contributed by atoms with Crippen LogP contribution < -0.4 is 11.1 Å². The third kappa shape index (κ3) is 6.01. The number of likely N-dealkylation sites (N-methyl/N-ethyl adjacent to an activating group) is 1. The number of ether oxygens (including phenoxy) is 1. The standard InChI is InChI=1S/C17H26N4O5S2/c1-4-25-17(22)15-14(16(18)20-28(15,23)24)19-8-10-27-11-13-6-5-12(26-13)7-9-21(2)3/h5-6,19H,4,7-11H2,1-3H3,(H2,18,20). The summed E-state index contributed by atoms with van der Waals surface area (Å²) < 4.78 is 37.9. The summed E-state index contributed by atoms with van der Waals surface area (Å²) in [5.41, 5.74) is 5.66. The van der Waals surface area contributed by atoms with E-state index in [1.54, 1.807) is 18.7 Å². The number of nitrogens with one attached hydrogen (secondary N) is 1. The highest BCUT2D eigenvalue weighted by atomic mass is 32.2. The number of amidine groups is 1. The van der Waals surface area contributed by atoms with Crippen molar-refractivity contribution in [1.82, 2.24) is 10.2 Å². The fourth-order valence-corrected chi connectivity index (χ4v) is 4.32. The maximum Gasteiger partial charge on any atom is 0.354 e. The van der Waals surface area contributed by atoms with Crippen molar-refractivity contribution in [3.63, 3.8) is 0 Å². The van der Waals surface area contributed by atoms with E-state index in [4.69, 9.17) is 14.9 Å². The molecule has 0 atom stereocenters. The van der Waals surface area contributed by atoms with Gasteiger partial charge in [-0.25, -0.2) is 4.79 Å². The molecular weight excluding hydrogens is 404 g/mol. The third-order valence-corrected chi connectivity index (χ3v) is 6.04. The molecule has 1 aromatic rings. The van der Waals surface area contributed by atoms with Gasteiger partial charge in [-0.2, -0.15) is 20.2 Å². The van der Waals surface area contributed by atoms with E-state index in [0.717, 1.165) is 24.5 Å². The molecule has 0 bridgehead atoms. The minimum Gasteiger partial charge on any atom is -0.465 e. The molecule has 0 spiro atoms. The molecule has 0 aromatic carbocycles. The topological polar surface area (TPSA) is 127 Å². The van der Waals surface area contributed by atoms with Crippen molar-refractivity contribution >= 4 is 33.6 Å². The largest absolute Gasteiger partial charge is 0.465 e. The van der Waals surface area contributed by atoms with Crippen molar-refractivity contribution in [3.05, 3.63) is 34.3 Å². The van der Waals surface area contributed by atoms with E-state index in [1.165, 1.54) is 0 Å². The molecule has 2 rings (SSSR count). The summed E-state index contributed by atoms with van der Waals surface area (Å²) in [5, 5.41) is 2.89. The smallest absolute Gasteiger partial charge is 0.354 e. The lowest BCUT2D eigenvalue weighted by molar-refractivity contribution is -0.137. The minimum absolute atomic E-state index is 0.00280. The van der Waals surface area contributed by atoms with E-state index in [2.05, 4.69) is 14.6 Å². The first-order chi connectivity index (χ1) is 13.2. The van der Waals surface area contributed by atoms with Crippen LogP contribution in [0.2, 0.25) is 0 Å². The molecule has 1 aliphatic rings. The van der Waals surface area contributed by atoms with Crippen LogP contribution in [-0.2, 0) is 31.7 Å². The number of hydrogen-bond acceptors (Lipinski definition) is 9. The van der Waals surface area contributed by atoms with Crippen molar-refractivity contribution < 1.29 is 22.4 Å². The van der Waals surface area contributed by atoms with Gasteiger partial charge in [-0.15, -0.1) is 4.40 Å². The van der Waals surface area contributed by atoms with E-state index in [-0.39, 0.29) is 18.1 Å². The van der Waals surface area contributed by atoms with Crippen LogP contribution in [-0.4, -0.2) is 64.7 Å². The predicted molar refractivity (Wildman–Crippen MR) is 109 cm³/mol. The predicted octanol–water partition coefficient (Wildman–Crippen LogP) is 0.682. The molecule has 0 fully saturated rings. The molecule has 9 nitrogen and oxygen atoms in total. The molecule has 11 heteroatoms. The Bertz CT molecular complexity index is 859. The molecule has 1 aromatic heterocycles.